The monoisotopic (exact) mass is 854 g/mol. The van der Waals surface area contributed by atoms with Crippen LogP contribution in [0.1, 0.15) is 0 Å². The molecule has 0 atom stereocenters. The molecule has 314 valence electrons. The van der Waals surface area contributed by atoms with Gasteiger partial charge in [0.1, 0.15) is 11.2 Å². The summed E-state index contributed by atoms with van der Waals surface area (Å²) in [5.41, 5.74) is 17.7. The van der Waals surface area contributed by atoms with E-state index in [0.29, 0.717) is 0 Å². The Morgan fingerprint density at radius 2 is 0.851 bits per heavy atom. The summed E-state index contributed by atoms with van der Waals surface area (Å²) in [6, 6.07) is 91.9. The van der Waals surface area contributed by atoms with E-state index in [9.17, 15) is 0 Å². The number of anilines is 3. The van der Waals surface area contributed by atoms with E-state index in [2.05, 4.69) is 252 Å². The van der Waals surface area contributed by atoms with Crippen LogP contribution < -0.4 is 4.90 Å². The molecule has 3 heteroatoms. The highest BCUT2D eigenvalue weighted by Crippen LogP contribution is 2.44. The van der Waals surface area contributed by atoms with E-state index in [-0.39, 0.29) is 0 Å². The van der Waals surface area contributed by atoms with E-state index in [1.807, 2.05) is 12.1 Å². The predicted molar refractivity (Wildman–Crippen MR) is 282 cm³/mol. The van der Waals surface area contributed by atoms with Gasteiger partial charge in [0.2, 0.25) is 0 Å². The number of benzene rings is 11. The van der Waals surface area contributed by atoms with Gasteiger partial charge in [0, 0.05) is 44.0 Å². The molecule has 2 heterocycles. The van der Waals surface area contributed by atoms with Crippen LogP contribution in [-0.2, 0) is 0 Å². The van der Waals surface area contributed by atoms with Gasteiger partial charge in [-0.15, -0.1) is 0 Å². The zero-order valence-electron chi connectivity index (χ0n) is 36.6. The van der Waals surface area contributed by atoms with Crippen LogP contribution in [0.5, 0.6) is 0 Å². The number of rotatable bonds is 8. The third-order valence-corrected chi connectivity index (χ3v) is 13.4. The molecule has 0 unspecified atom stereocenters. The Kier molecular flexibility index (Phi) is 9.17. The Morgan fingerprint density at radius 1 is 0.299 bits per heavy atom. The lowest BCUT2D eigenvalue weighted by Gasteiger charge is -2.28. The highest BCUT2D eigenvalue weighted by Gasteiger charge is 2.20. The number of hydrogen-bond acceptors (Lipinski definition) is 2. The summed E-state index contributed by atoms with van der Waals surface area (Å²) in [6.07, 6.45) is 0. The van der Waals surface area contributed by atoms with E-state index in [1.165, 1.54) is 49.3 Å². The van der Waals surface area contributed by atoms with Crippen molar-refractivity contribution in [2.75, 3.05) is 4.90 Å². The summed E-state index contributed by atoms with van der Waals surface area (Å²) >= 11 is 0. The number of furan rings is 1. The van der Waals surface area contributed by atoms with Crippen LogP contribution in [0.4, 0.5) is 17.1 Å². The Balaban J connectivity index is 0.937. The van der Waals surface area contributed by atoms with Crippen LogP contribution in [0, 0.1) is 0 Å². The van der Waals surface area contributed by atoms with Gasteiger partial charge in [0.05, 0.1) is 22.4 Å². The first-order valence-corrected chi connectivity index (χ1v) is 22.9. The number of fused-ring (bicyclic) bond motifs is 7. The van der Waals surface area contributed by atoms with Crippen molar-refractivity contribution in [1.29, 1.82) is 0 Å². The first kappa shape index (κ1) is 38.5. The number of para-hydroxylation sites is 5. The summed E-state index contributed by atoms with van der Waals surface area (Å²) in [5.74, 6) is 0. The van der Waals surface area contributed by atoms with Crippen molar-refractivity contribution in [2.45, 2.75) is 0 Å². The maximum Gasteiger partial charge on any atom is 0.136 e. The van der Waals surface area contributed by atoms with Gasteiger partial charge < -0.3 is 13.9 Å². The molecule has 0 fully saturated rings. The summed E-state index contributed by atoms with van der Waals surface area (Å²) in [5, 5.41) is 7.25. The zero-order valence-corrected chi connectivity index (χ0v) is 36.6. The van der Waals surface area contributed by atoms with Crippen LogP contribution in [0.3, 0.4) is 0 Å². The molecule has 0 aliphatic carbocycles. The molecule has 0 bridgehead atoms. The summed E-state index contributed by atoms with van der Waals surface area (Å²) in [7, 11) is 0. The summed E-state index contributed by atoms with van der Waals surface area (Å²) in [6.45, 7) is 0. The average Bonchev–Trinajstić information content (AvgIpc) is 3.94. The largest absolute Gasteiger partial charge is 0.456 e. The highest BCUT2D eigenvalue weighted by molar-refractivity contribution is 6.10. The maximum atomic E-state index is 6.43. The fourth-order valence-electron chi connectivity index (χ4n) is 10.3. The first-order chi connectivity index (χ1) is 33.2. The fraction of sp³-hybridized carbons (Fsp3) is 0. The molecule has 13 aromatic rings. The fourth-order valence-corrected chi connectivity index (χ4v) is 10.3. The third kappa shape index (κ3) is 6.59. The lowest BCUT2D eigenvalue weighted by molar-refractivity contribution is 0.669. The van der Waals surface area contributed by atoms with E-state index in [4.69, 9.17) is 4.42 Å². The van der Waals surface area contributed by atoms with Crippen molar-refractivity contribution < 1.29 is 4.42 Å². The molecule has 0 saturated carbocycles. The molecule has 67 heavy (non-hydrogen) atoms. The molecule has 0 aliphatic heterocycles. The molecule has 0 aliphatic rings. The zero-order chi connectivity index (χ0) is 44.3. The molecule has 11 aromatic carbocycles. The second-order valence-corrected chi connectivity index (χ2v) is 17.2. The van der Waals surface area contributed by atoms with Crippen molar-refractivity contribution in [3.63, 3.8) is 0 Å². The predicted octanol–water partition coefficient (Wildman–Crippen LogP) is 18.0. The first-order valence-electron chi connectivity index (χ1n) is 22.9. The van der Waals surface area contributed by atoms with Gasteiger partial charge in [-0.2, -0.15) is 0 Å². The lowest BCUT2D eigenvalue weighted by atomic mass is 9.96. The van der Waals surface area contributed by atoms with Crippen molar-refractivity contribution in [1.82, 2.24) is 4.57 Å². The molecule has 0 spiro atoms. The summed E-state index contributed by atoms with van der Waals surface area (Å²) < 4.78 is 8.84. The van der Waals surface area contributed by atoms with Crippen molar-refractivity contribution in [3.05, 3.63) is 255 Å². The molecule has 13 rings (SSSR count). The minimum absolute atomic E-state index is 0.875. The van der Waals surface area contributed by atoms with E-state index in [1.54, 1.807) is 0 Å². The SMILES string of the molecule is c1cc(-c2ccc(-c3cccc4ccccc34)cc2)cc(N(c2ccc(-c3ccccc3-n3c4ccccc4c4ccccc43)cc2)c2ccccc2-c2ccc3c(c2)oc2ccccc23)c1. The molecule has 0 amide bonds. The quantitative estimate of drug-likeness (QED) is 0.152. The molecule has 2 aromatic heterocycles. The number of hydrogen-bond donors (Lipinski definition) is 0. The average molecular weight is 855 g/mol. The Labute approximate surface area is 388 Å². The normalized spacial score (nSPS) is 11.6. The van der Waals surface area contributed by atoms with E-state index >= 15 is 0 Å². The van der Waals surface area contributed by atoms with Crippen LogP contribution in [0.25, 0.3) is 105 Å². The van der Waals surface area contributed by atoms with Gasteiger partial charge in [-0.3, -0.25) is 0 Å². The maximum absolute atomic E-state index is 6.43. The summed E-state index contributed by atoms with van der Waals surface area (Å²) in [4.78, 5) is 2.40. The smallest absolute Gasteiger partial charge is 0.136 e. The third-order valence-electron chi connectivity index (χ3n) is 13.4. The Bertz CT molecular complexity index is 3930. The van der Waals surface area contributed by atoms with Crippen LogP contribution in [-0.4, -0.2) is 4.57 Å². The molecule has 3 nitrogen and oxygen atoms in total. The van der Waals surface area contributed by atoms with Gasteiger partial charge >= 0.3 is 0 Å². The number of aromatic nitrogens is 1. The lowest BCUT2D eigenvalue weighted by Crippen LogP contribution is -2.11. The molecular formula is C64H42N2O. The van der Waals surface area contributed by atoms with Crippen LogP contribution in [0.2, 0.25) is 0 Å². The number of nitrogens with zero attached hydrogens (tertiary/aromatic N) is 2. The van der Waals surface area contributed by atoms with Gasteiger partial charge in [-0.25, -0.2) is 0 Å². The van der Waals surface area contributed by atoms with Crippen molar-refractivity contribution in [2.24, 2.45) is 0 Å². The topological polar surface area (TPSA) is 21.3 Å². The van der Waals surface area contributed by atoms with E-state index in [0.717, 1.165) is 72.5 Å². The van der Waals surface area contributed by atoms with Gasteiger partial charge in [0.25, 0.3) is 0 Å². The second kappa shape index (κ2) is 16.0. The van der Waals surface area contributed by atoms with Gasteiger partial charge in [-0.05, 0) is 111 Å². The van der Waals surface area contributed by atoms with Crippen molar-refractivity contribution in [3.8, 4) is 50.2 Å². The molecular weight excluding hydrogens is 813 g/mol. The second-order valence-electron chi connectivity index (χ2n) is 17.2. The van der Waals surface area contributed by atoms with Crippen LogP contribution >= 0.6 is 0 Å². The highest BCUT2D eigenvalue weighted by atomic mass is 16.3. The molecule has 0 saturated heterocycles. The molecule has 0 radical (unpaired) electrons. The van der Waals surface area contributed by atoms with Gasteiger partial charge in [0.15, 0.2) is 0 Å². The standard InChI is InChI=1S/C64H42N2O/c1-2-19-51-44(15-1)16-14-25-52(51)45-33-31-43(32-34-45)47-17-13-18-50(41-47)65(59-26-8-4-21-54(59)48-37-40-58-57-24-7-12-30-63(57)67-64(58)42-48)49-38-35-46(36-39-49)53-20-3-9-27-60(53)66-61-28-10-5-22-55(61)56-23-6-11-29-62(56)66/h1-42H. The van der Waals surface area contributed by atoms with Gasteiger partial charge in [-0.1, -0.05) is 188 Å². The van der Waals surface area contributed by atoms with E-state index < -0.39 is 0 Å². The minimum Gasteiger partial charge on any atom is -0.456 e. The molecule has 0 N–H and O–H groups in total. The van der Waals surface area contributed by atoms with Crippen molar-refractivity contribution >= 4 is 71.6 Å². The van der Waals surface area contributed by atoms with Crippen LogP contribution in [0.15, 0.2) is 259 Å². The minimum atomic E-state index is 0.875. The Morgan fingerprint density at radius 3 is 1.66 bits per heavy atom. The Hall–Kier alpha value is -8.92.